The SMILES string of the molecule is C=C(C)[C@@H]1CCC(C)=C[C@H]1c1c(O)cc(CCCCC)c(S(=O)(=O)OCC(F)(F)F)c1O. The first-order chi connectivity index (χ1) is 14.8. The van der Waals surface area contributed by atoms with E-state index in [2.05, 4.69) is 10.8 Å². The number of hydrogen-bond donors (Lipinski definition) is 2. The maximum Gasteiger partial charge on any atom is 0.413 e. The number of phenolic OH excluding ortho intramolecular Hbond substituents is 2. The summed E-state index contributed by atoms with van der Waals surface area (Å²) in [5.74, 6) is -1.80. The van der Waals surface area contributed by atoms with E-state index >= 15 is 0 Å². The van der Waals surface area contributed by atoms with Crippen LogP contribution in [0.25, 0.3) is 0 Å². The lowest BCUT2D eigenvalue weighted by Crippen LogP contribution is -2.22. The van der Waals surface area contributed by atoms with Crippen molar-refractivity contribution in [3.05, 3.63) is 41.0 Å². The Morgan fingerprint density at radius 2 is 1.94 bits per heavy atom. The minimum Gasteiger partial charge on any atom is -0.507 e. The fourth-order valence-corrected chi connectivity index (χ4v) is 5.41. The molecular weight excluding hydrogens is 445 g/mol. The summed E-state index contributed by atoms with van der Waals surface area (Å²) < 4.78 is 67.8. The van der Waals surface area contributed by atoms with Crippen LogP contribution >= 0.6 is 0 Å². The summed E-state index contributed by atoms with van der Waals surface area (Å²) in [4.78, 5) is -0.706. The predicted octanol–water partition coefficient (Wildman–Crippen LogP) is 6.11. The Hall–Kier alpha value is -2.00. The smallest absolute Gasteiger partial charge is 0.413 e. The molecule has 0 saturated carbocycles. The number of aromatic hydroxyl groups is 2. The van der Waals surface area contributed by atoms with Gasteiger partial charge in [0.1, 0.15) is 16.4 Å². The number of rotatable bonds is 9. The van der Waals surface area contributed by atoms with E-state index in [9.17, 15) is 31.8 Å². The molecule has 9 heteroatoms. The molecule has 0 aliphatic heterocycles. The fourth-order valence-electron chi connectivity index (χ4n) is 4.17. The van der Waals surface area contributed by atoms with Crippen molar-refractivity contribution in [2.45, 2.75) is 76.3 Å². The molecule has 2 atom stereocenters. The van der Waals surface area contributed by atoms with Crippen LogP contribution in [0.4, 0.5) is 13.2 Å². The molecule has 0 unspecified atom stereocenters. The van der Waals surface area contributed by atoms with Gasteiger partial charge < -0.3 is 10.2 Å². The first-order valence-electron chi connectivity index (χ1n) is 10.6. The molecule has 1 aromatic rings. The Morgan fingerprint density at radius 3 is 2.50 bits per heavy atom. The topological polar surface area (TPSA) is 83.8 Å². The third-order valence-corrected chi connectivity index (χ3v) is 7.12. The zero-order valence-corrected chi connectivity index (χ0v) is 19.4. The Labute approximate surface area is 187 Å². The largest absolute Gasteiger partial charge is 0.507 e. The van der Waals surface area contributed by atoms with E-state index in [1.807, 2.05) is 26.8 Å². The summed E-state index contributed by atoms with van der Waals surface area (Å²) >= 11 is 0. The molecule has 0 amide bonds. The van der Waals surface area contributed by atoms with Gasteiger partial charge in [-0.1, -0.05) is 43.6 Å². The third-order valence-electron chi connectivity index (χ3n) is 5.74. The van der Waals surface area contributed by atoms with Gasteiger partial charge in [0, 0.05) is 11.5 Å². The number of hydrogen-bond acceptors (Lipinski definition) is 5. The highest BCUT2D eigenvalue weighted by atomic mass is 32.2. The predicted molar refractivity (Wildman–Crippen MR) is 116 cm³/mol. The van der Waals surface area contributed by atoms with Crippen LogP contribution in [0.3, 0.4) is 0 Å². The van der Waals surface area contributed by atoms with E-state index in [0.29, 0.717) is 12.8 Å². The Bertz CT molecular complexity index is 980. The number of benzene rings is 1. The van der Waals surface area contributed by atoms with Gasteiger partial charge in [0.15, 0.2) is 6.61 Å². The van der Waals surface area contributed by atoms with Crippen LogP contribution in [0, 0.1) is 5.92 Å². The summed E-state index contributed by atoms with van der Waals surface area (Å²) in [5.41, 5.74) is 1.78. The van der Waals surface area contributed by atoms with Gasteiger partial charge >= 0.3 is 16.3 Å². The molecule has 0 aromatic heterocycles. The van der Waals surface area contributed by atoms with Crippen LogP contribution in [0.1, 0.15) is 69.9 Å². The second kappa shape index (κ2) is 10.3. The van der Waals surface area contributed by atoms with Crippen molar-refractivity contribution in [2.75, 3.05) is 6.61 Å². The Kier molecular flexibility index (Phi) is 8.44. The zero-order chi connectivity index (χ0) is 24.3. The van der Waals surface area contributed by atoms with E-state index in [1.165, 1.54) is 6.07 Å². The van der Waals surface area contributed by atoms with Crippen molar-refractivity contribution in [1.29, 1.82) is 0 Å². The number of alkyl halides is 3. The molecule has 1 aliphatic carbocycles. The van der Waals surface area contributed by atoms with Crippen molar-refractivity contribution in [1.82, 2.24) is 0 Å². The molecule has 1 aromatic carbocycles. The maximum absolute atomic E-state index is 12.8. The van der Waals surface area contributed by atoms with Gasteiger partial charge in [-0.05, 0) is 57.1 Å². The first-order valence-corrected chi connectivity index (χ1v) is 12.1. The lowest BCUT2D eigenvalue weighted by Gasteiger charge is -2.32. The number of aryl methyl sites for hydroxylation is 1. The molecule has 2 N–H and O–H groups in total. The molecule has 0 saturated heterocycles. The van der Waals surface area contributed by atoms with Crippen LogP contribution in [-0.2, 0) is 20.7 Å². The first kappa shape index (κ1) is 26.3. The highest BCUT2D eigenvalue weighted by Gasteiger charge is 2.37. The highest BCUT2D eigenvalue weighted by molar-refractivity contribution is 7.87. The summed E-state index contributed by atoms with van der Waals surface area (Å²) in [6.07, 6.45) is 0.705. The van der Waals surface area contributed by atoms with Crippen molar-refractivity contribution in [2.24, 2.45) is 5.92 Å². The number of unbranched alkanes of at least 4 members (excludes halogenated alkanes) is 2. The van der Waals surface area contributed by atoms with Crippen LogP contribution in [0.15, 0.2) is 34.8 Å². The van der Waals surface area contributed by atoms with E-state index in [0.717, 1.165) is 30.4 Å². The number of phenols is 2. The van der Waals surface area contributed by atoms with Crippen LogP contribution in [0.5, 0.6) is 11.5 Å². The molecule has 0 bridgehead atoms. The van der Waals surface area contributed by atoms with Crippen LogP contribution < -0.4 is 0 Å². The van der Waals surface area contributed by atoms with Crippen LogP contribution in [0.2, 0.25) is 0 Å². The minimum absolute atomic E-state index is 0.0303. The summed E-state index contributed by atoms with van der Waals surface area (Å²) in [7, 11) is -4.95. The molecule has 32 heavy (non-hydrogen) atoms. The Morgan fingerprint density at radius 1 is 1.28 bits per heavy atom. The normalized spacial score (nSPS) is 19.6. The molecule has 2 rings (SSSR count). The third kappa shape index (κ3) is 6.28. The van der Waals surface area contributed by atoms with Gasteiger partial charge in [-0.3, -0.25) is 4.18 Å². The Balaban J connectivity index is 2.69. The molecular formula is C23H31F3O5S. The number of allylic oxidation sites excluding steroid dienone is 3. The van der Waals surface area contributed by atoms with Gasteiger partial charge in [0.05, 0.1) is 0 Å². The van der Waals surface area contributed by atoms with Crippen molar-refractivity contribution in [3.8, 4) is 11.5 Å². The quantitative estimate of drug-likeness (QED) is 0.255. The van der Waals surface area contributed by atoms with Gasteiger partial charge in [0.25, 0.3) is 0 Å². The average molecular weight is 477 g/mol. The van der Waals surface area contributed by atoms with Gasteiger partial charge in [-0.25, -0.2) is 0 Å². The minimum atomic E-state index is -4.95. The lowest BCUT2D eigenvalue weighted by atomic mass is 9.73. The standard InChI is InChI=1S/C23H31F3O5S/c1-5-6-7-8-16-12-19(27)20(18-11-15(4)9-10-17(18)14(2)3)21(28)22(16)32(29,30)31-13-23(24,25)26/h11-12,17-18,27-28H,2,5-10,13H2,1,3-4H3/t17-,18+/m0/s1. The zero-order valence-electron chi connectivity index (χ0n) is 18.6. The molecule has 5 nitrogen and oxygen atoms in total. The maximum atomic E-state index is 12.8. The van der Waals surface area contributed by atoms with E-state index in [1.54, 1.807) is 0 Å². The summed E-state index contributed by atoms with van der Waals surface area (Å²) in [6, 6.07) is 1.22. The molecule has 180 valence electrons. The van der Waals surface area contributed by atoms with E-state index in [-0.39, 0.29) is 29.2 Å². The average Bonchev–Trinajstić information content (AvgIpc) is 2.65. The van der Waals surface area contributed by atoms with Crippen molar-refractivity contribution in [3.63, 3.8) is 0 Å². The van der Waals surface area contributed by atoms with Crippen LogP contribution in [-0.4, -0.2) is 31.4 Å². The van der Waals surface area contributed by atoms with E-state index in [4.69, 9.17) is 0 Å². The molecule has 0 radical (unpaired) electrons. The monoisotopic (exact) mass is 476 g/mol. The lowest BCUT2D eigenvalue weighted by molar-refractivity contribution is -0.152. The second-order valence-corrected chi connectivity index (χ2v) is 10.0. The molecule has 0 heterocycles. The van der Waals surface area contributed by atoms with E-state index < -0.39 is 39.5 Å². The number of halogens is 3. The molecule has 0 fully saturated rings. The summed E-state index contributed by atoms with van der Waals surface area (Å²) in [6.45, 7) is 7.61. The van der Waals surface area contributed by atoms with Gasteiger partial charge in [0.2, 0.25) is 0 Å². The highest BCUT2D eigenvalue weighted by Crippen LogP contribution is 2.49. The fraction of sp³-hybridized carbons (Fsp3) is 0.565. The van der Waals surface area contributed by atoms with Gasteiger partial charge in [-0.15, -0.1) is 0 Å². The van der Waals surface area contributed by atoms with Gasteiger partial charge in [-0.2, -0.15) is 21.6 Å². The van der Waals surface area contributed by atoms with Crippen molar-refractivity contribution < 1.29 is 36.0 Å². The summed E-state index contributed by atoms with van der Waals surface area (Å²) in [5, 5.41) is 21.8. The molecule has 0 spiro atoms. The second-order valence-electron chi connectivity index (χ2n) is 8.47. The van der Waals surface area contributed by atoms with Crippen molar-refractivity contribution >= 4 is 10.1 Å². The molecule has 1 aliphatic rings.